The van der Waals surface area contributed by atoms with Gasteiger partial charge >= 0.3 is 11.9 Å². The Bertz CT molecular complexity index is 1040. The Balaban J connectivity index is 1.85. The van der Waals surface area contributed by atoms with Gasteiger partial charge in [-0.05, 0) is 56.9 Å². The van der Waals surface area contributed by atoms with Gasteiger partial charge in [0.05, 0.1) is 12.7 Å². The monoisotopic (exact) mass is 512 g/mol. The van der Waals surface area contributed by atoms with Crippen molar-refractivity contribution >= 4 is 17.7 Å². The summed E-state index contributed by atoms with van der Waals surface area (Å²) in [6.07, 6.45) is -1.60. The Morgan fingerprint density at radius 3 is 2.44 bits per heavy atom. The molecule has 0 saturated heterocycles. The van der Waals surface area contributed by atoms with Gasteiger partial charge in [0.2, 0.25) is 5.78 Å². The van der Waals surface area contributed by atoms with Crippen molar-refractivity contribution in [3.63, 3.8) is 0 Å². The summed E-state index contributed by atoms with van der Waals surface area (Å²) in [5.74, 6) is -6.34. The van der Waals surface area contributed by atoms with E-state index in [1.165, 1.54) is 6.92 Å². The lowest BCUT2D eigenvalue weighted by molar-refractivity contribution is -0.207. The van der Waals surface area contributed by atoms with E-state index >= 15 is 8.78 Å². The second-order valence-electron chi connectivity index (χ2n) is 11.5. The first-order chi connectivity index (χ1) is 16.7. The maximum atomic E-state index is 17.3. The molecule has 0 bridgehead atoms. The molecule has 0 heterocycles. The van der Waals surface area contributed by atoms with Gasteiger partial charge in [0.1, 0.15) is 17.7 Å². The van der Waals surface area contributed by atoms with Gasteiger partial charge in [0.25, 0.3) is 0 Å². The fourth-order valence-corrected chi connectivity index (χ4v) is 7.88. The van der Waals surface area contributed by atoms with Crippen LogP contribution in [0.4, 0.5) is 13.2 Å². The lowest BCUT2D eigenvalue weighted by Crippen LogP contribution is -2.68. The van der Waals surface area contributed by atoms with Crippen LogP contribution in [0.2, 0.25) is 0 Å². The predicted molar refractivity (Wildman–Crippen MR) is 124 cm³/mol. The molecule has 0 amide bonds. The molecule has 4 aliphatic rings. The van der Waals surface area contributed by atoms with Crippen molar-refractivity contribution < 1.29 is 42.1 Å². The summed E-state index contributed by atoms with van der Waals surface area (Å²) in [6.45, 7) is 8.24. The zero-order chi connectivity index (χ0) is 26.8. The minimum absolute atomic E-state index is 0.0527. The molecule has 9 atom stereocenters. The van der Waals surface area contributed by atoms with E-state index in [2.05, 4.69) is 0 Å². The van der Waals surface area contributed by atoms with E-state index in [0.717, 1.165) is 12.2 Å². The van der Waals surface area contributed by atoms with Crippen molar-refractivity contribution in [1.82, 2.24) is 0 Å². The van der Waals surface area contributed by atoms with Crippen LogP contribution in [-0.4, -0.2) is 53.0 Å². The number of ketones is 1. The number of hydrogen-bond acceptors (Lipinski definition) is 6. The van der Waals surface area contributed by atoms with E-state index in [1.807, 2.05) is 6.92 Å². The molecule has 3 saturated carbocycles. The van der Waals surface area contributed by atoms with Crippen LogP contribution in [0.3, 0.4) is 0 Å². The first kappa shape index (κ1) is 26.9. The van der Waals surface area contributed by atoms with Gasteiger partial charge in [-0.3, -0.25) is 14.4 Å². The number of rotatable bonds is 5. The molecule has 0 aromatic rings. The molecule has 200 valence electrons. The Kier molecular flexibility index (Phi) is 6.50. The van der Waals surface area contributed by atoms with Crippen LogP contribution in [-0.2, 0) is 23.9 Å². The van der Waals surface area contributed by atoms with Gasteiger partial charge in [-0.2, -0.15) is 0 Å². The van der Waals surface area contributed by atoms with Crippen molar-refractivity contribution in [1.29, 1.82) is 0 Å². The number of carbonyl (C=O) groups is 3. The van der Waals surface area contributed by atoms with Crippen molar-refractivity contribution in [2.24, 2.45) is 28.6 Å². The molecule has 1 N–H and O–H groups in total. The van der Waals surface area contributed by atoms with Crippen molar-refractivity contribution in [3.05, 3.63) is 23.6 Å². The number of esters is 2. The largest absolute Gasteiger partial charge is 0.465 e. The third-order valence-electron chi connectivity index (χ3n) is 9.36. The quantitative estimate of drug-likeness (QED) is 0.546. The van der Waals surface area contributed by atoms with Crippen LogP contribution >= 0.6 is 0 Å². The smallest absolute Gasteiger partial charge is 0.313 e. The van der Waals surface area contributed by atoms with E-state index in [1.54, 1.807) is 20.8 Å². The minimum atomic E-state index is -2.51. The highest BCUT2D eigenvalue weighted by Gasteiger charge is 2.76. The number of allylic oxidation sites excluding steroid dienone is 4. The highest BCUT2D eigenvalue weighted by molar-refractivity contribution is 6.04. The number of alkyl halides is 2. The number of halogens is 3. The second-order valence-corrected chi connectivity index (χ2v) is 11.5. The number of ether oxygens (including phenoxy) is 2. The molecule has 0 spiro atoms. The fourth-order valence-electron chi connectivity index (χ4n) is 7.88. The summed E-state index contributed by atoms with van der Waals surface area (Å²) >= 11 is 0. The Hall–Kier alpha value is -2.16. The van der Waals surface area contributed by atoms with Crippen molar-refractivity contribution in [2.75, 3.05) is 6.61 Å². The van der Waals surface area contributed by atoms with E-state index in [-0.39, 0.29) is 25.9 Å². The van der Waals surface area contributed by atoms with Crippen LogP contribution in [0.5, 0.6) is 0 Å². The Morgan fingerprint density at radius 2 is 1.83 bits per heavy atom. The van der Waals surface area contributed by atoms with Gasteiger partial charge in [0.15, 0.2) is 11.5 Å². The molecule has 36 heavy (non-hydrogen) atoms. The summed E-state index contributed by atoms with van der Waals surface area (Å²) in [5.41, 5.74) is -7.44. The highest BCUT2D eigenvalue weighted by Crippen LogP contribution is 2.71. The van der Waals surface area contributed by atoms with Crippen molar-refractivity contribution in [3.8, 4) is 0 Å². The van der Waals surface area contributed by atoms with Crippen LogP contribution in [0.15, 0.2) is 23.6 Å². The van der Waals surface area contributed by atoms with Gasteiger partial charge in [-0.1, -0.05) is 26.8 Å². The number of carbonyl (C=O) groups excluding carboxylic acids is 3. The molecule has 3 fully saturated rings. The molecule has 0 aromatic heterocycles. The molecule has 0 aromatic carbocycles. The highest BCUT2D eigenvalue weighted by atomic mass is 19.2. The lowest BCUT2D eigenvalue weighted by Gasteiger charge is -2.62. The van der Waals surface area contributed by atoms with E-state index < -0.39 is 87.7 Å². The van der Waals surface area contributed by atoms with E-state index in [9.17, 15) is 23.9 Å². The minimum Gasteiger partial charge on any atom is -0.465 e. The van der Waals surface area contributed by atoms with E-state index in [4.69, 9.17) is 9.47 Å². The van der Waals surface area contributed by atoms with E-state index in [0.29, 0.717) is 6.42 Å². The second kappa shape index (κ2) is 8.71. The Morgan fingerprint density at radius 1 is 1.17 bits per heavy atom. The summed E-state index contributed by atoms with van der Waals surface area (Å²) in [7, 11) is 0. The molecule has 0 unspecified atom stereocenters. The zero-order valence-corrected chi connectivity index (χ0v) is 21.4. The molecule has 9 heteroatoms. The first-order valence-corrected chi connectivity index (χ1v) is 12.7. The average molecular weight is 513 g/mol. The van der Waals surface area contributed by atoms with Crippen LogP contribution in [0, 0.1) is 28.6 Å². The third-order valence-corrected chi connectivity index (χ3v) is 9.36. The molecular weight excluding hydrogens is 477 g/mol. The predicted octanol–water partition coefficient (Wildman–Crippen LogP) is 4.49. The number of fused-ring (bicyclic) bond motifs is 5. The molecule has 0 aliphatic heterocycles. The molecule has 4 aliphatic carbocycles. The zero-order valence-electron chi connectivity index (χ0n) is 21.4. The summed E-state index contributed by atoms with van der Waals surface area (Å²) in [5, 5.41) is 11.4. The third kappa shape index (κ3) is 3.44. The molecule has 6 nitrogen and oxygen atoms in total. The van der Waals surface area contributed by atoms with Gasteiger partial charge < -0.3 is 14.6 Å². The first-order valence-electron chi connectivity index (χ1n) is 12.7. The van der Waals surface area contributed by atoms with Gasteiger partial charge in [0, 0.05) is 23.3 Å². The summed E-state index contributed by atoms with van der Waals surface area (Å²) in [4.78, 5) is 37.7. The van der Waals surface area contributed by atoms with Crippen LogP contribution < -0.4 is 0 Å². The van der Waals surface area contributed by atoms with Crippen molar-refractivity contribution in [2.45, 2.75) is 90.3 Å². The fraction of sp³-hybridized carbons (Fsp3) is 0.741. The molecule has 0 radical (unpaired) electrons. The normalized spacial score (nSPS) is 45.6. The standard InChI is InChI=1S/C27H35F3O6/c1-6-10-35-23(34)22-24(3)13-18(32)27(30)14(15(24)12-26(22,5)36-19(33)7-2)11-16(28)20-21(29)17(31)8-9-25(20,27)4/h8-9,14-16,18,22,32H,6-7,10-13H2,1-5H3/t14-,15-,16-,18-,22+,24-,25-,26-,27-/m0/s1. The summed E-state index contributed by atoms with van der Waals surface area (Å²) in [6, 6.07) is 0. The molecular formula is C27H35F3O6. The number of aliphatic hydroxyl groups excluding tert-OH is 1. The lowest BCUT2D eigenvalue weighted by atomic mass is 9.45. The van der Waals surface area contributed by atoms with Crippen LogP contribution in [0.25, 0.3) is 0 Å². The number of aliphatic hydroxyl groups is 1. The SMILES string of the molecule is CCCOC(=O)[C@@H]1[C@@]2(C)C[C@H](O)[C@@]3(F)[C@@H](C[C@H](F)C4=C(F)C(=O)C=C[C@@]43C)[C@@H]2C[C@]1(C)OC(=O)CC. The summed E-state index contributed by atoms with van der Waals surface area (Å²) < 4.78 is 59.1. The van der Waals surface area contributed by atoms with Gasteiger partial charge in [-0.25, -0.2) is 13.2 Å². The molecule has 4 rings (SSSR count). The number of hydrogen-bond donors (Lipinski definition) is 1. The maximum absolute atomic E-state index is 17.3. The van der Waals surface area contributed by atoms with Crippen LogP contribution in [0.1, 0.15) is 66.7 Å². The average Bonchev–Trinajstić information content (AvgIpc) is 3.03. The Labute approximate surface area is 209 Å². The maximum Gasteiger partial charge on any atom is 0.313 e. The topological polar surface area (TPSA) is 89.9 Å². The van der Waals surface area contributed by atoms with Gasteiger partial charge in [-0.15, -0.1) is 0 Å².